The van der Waals surface area contributed by atoms with Crippen molar-refractivity contribution in [2.24, 2.45) is 0 Å². The van der Waals surface area contributed by atoms with Crippen molar-refractivity contribution in [2.75, 3.05) is 17.2 Å². The van der Waals surface area contributed by atoms with Gasteiger partial charge >= 0.3 is 0 Å². The van der Waals surface area contributed by atoms with Gasteiger partial charge in [-0.2, -0.15) is 0 Å². The number of rotatable bonds is 8. The molecule has 1 amide bonds. The third-order valence-electron chi connectivity index (χ3n) is 4.53. The Balaban J connectivity index is 1.54. The second kappa shape index (κ2) is 9.88. The summed E-state index contributed by atoms with van der Waals surface area (Å²) in [6.07, 6.45) is 8.40. The largest absolute Gasteiger partial charge is 0.489 e. The van der Waals surface area contributed by atoms with Gasteiger partial charge in [-0.05, 0) is 70.2 Å². The maximum atomic E-state index is 12.5. The molecule has 0 atom stereocenters. The smallest absolute Gasteiger partial charge is 0.276 e. The van der Waals surface area contributed by atoms with Crippen molar-refractivity contribution < 1.29 is 9.53 Å². The molecule has 6 heteroatoms. The molecule has 1 aliphatic rings. The van der Waals surface area contributed by atoms with Gasteiger partial charge in [-0.1, -0.05) is 23.8 Å². The summed E-state index contributed by atoms with van der Waals surface area (Å²) in [6.45, 7) is 4.72. The zero-order chi connectivity index (χ0) is 19.8. The minimum atomic E-state index is -0.314. The summed E-state index contributed by atoms with van der Waals surface area (Å²) in [7, 11) is 0. The molecule has 0 spiro atoms. The van der Waals surface area contributed by atoms with Crippen LogP contribution >= 0.6 is 0 Å². The molecule has 0 saturated carbocycles. The number of benzene rings is 1. The quantitative estimate of drug-likeness (QED) is 0.642. The molecule has 1 heterocycles. The van der Waals surface area contributed by atoms with Crippen LogP contribution < -0.4 is 15.4 Å². The fourth-order valence-corrected chi connectivity index (χ4v) is 3.14. The normalized spacial score (nSPS) is 13.8. The molecule has 2 N–H and O–H groups in total. The van der Waals surface area contributed by atoms with Crippen molar-refractivity contribution in [3.05, 3.63) is 53.7 Å². The van der Waals surface area contributed by atoms with Gasteiger partial charge in [-0.3, -0.25) is 4.79 Å². The predicted molar refractivity (Wildman–Crippen MR) is 112 cm³/mol. The van der Waals surface area contributed by atoms with Crippen molar-refractivity contribution in [1.29, 1.82) is 0 Å². The highest BCUT2D eigenvalue weighted by Crippen LogP contribution is 2.25. The molecule has 3 rings (SSSR count). The molecular weight excluding hydrogens is 352 g/mol. The number of nitrogens with zero attached hydrogens (tertiary/aromatic N) is 2. The van der Waals surface area contributed by atoms with E-state index < -0.39 is 0 Å². The van der Waals surface area contributed by atoms with E-state index in [1.165, 1.54) is 31.3 Å². The van der Waals surface area contributed by atoms with Crippen molar-refractivity contribution >= 4 is 17.4 Å². The van der Waals surface area contributed by atoms with E-state index in [2.05, 4.69) is 26.9 Å². The van der Waals surface area contributed by atoms with Gasteiger partial charge in [0.15, 0.2) is 5.69 Å². The number of amides is 1. The Morgan fingerprint density at radius 1 is 1.14 bits per heavy atom. The molecule has 28 heavy (non-hydrogen) atoms. The molecule has 0 unspecified atom stereocenters. The Labute approximate surface area is 166 Å². The van der Waals surface area contributed by atoms with E-state index in [1.54, 1.807) is 18.2 Å². The van der Waals surface area contributed by atoms with Crippen LogP contribution in [0.3, 0.4) is 0 Å². The molecule has 0 radical (unpaired) electrons. The van der Waals surface area contributed by atoms with E-state index in [0.717, 1.165) is 13.0 Å². The van der Waals surface area contributed by atoms with E-state index in [9.17, 15) is 4.79 Å². The highest BCUT2D eigenvalue weighted by Gasteiger charge is 2.12. The molecule has 1 aromatic heterocycles. The fourth-order valence-electron chi connectivity index (χ4n) is 3.14. The molecule has 0 bridgehead atoms. The predicted octanol–water partition coefficient (Wildman–Crippen LogP) is 4.82. The number of carbonyl (C=O) groups excluding carboxylic acids is 1. The first-order valence-electron chi connectivity index (χ1n) is 9.94. The van der Waals surface area contributed by atoms with E-state index >= 15 is 0 Å². The molecule has 1 aromatic carbocycles. The molecule has 0 aliphatic heterocycles. The molecule has 2 aromatic rings. The first-order chi connectivity index (χ1) is 13.6. The van der Waals surface area contributed by atoms with Gasteiger partial charge in [0.2, 0.25) is 0 Å². The summed E-state index contributed by atoms with van der Waals surface area (Å²) in [5.74, 6) is 0.997. The van der Waals surface area contributed by atoms with Gasteiger partial charge in [0.25, 0.3) is 5.91 Å². The highest BCUT2D eigenvalue weighted by molar-refractivity contribution is 6.03. The zero-order valence-corrected chi connectivity index (χ0v) is 16.6. The van der Waals surface area contributed by atoms with Gasteiger partial charge in [0.05, 0.1) is 11.8 Å². The highest BCUT2D eigenvalue weighted by atomic mass is 16.5. The number of carbonyl (C=O) groups is 1. The minimum absolute atomic E-state index is 0.0209. The number of aromatic nitrogens is 2. The van der Waals surface area contributed by atoms with Crippen molar-refractivity contribution in [2.45, 2.75) is 52.1 Å². The Morgan fingerprint density at radius 2 is 2.00 bits per heavy atom. The van der Waals surface area contributed by atoms with Gasteiger partial charge < -0.3 is 15.4 Å². The van der Waals surface area contributed by atoms with Crippen LogP contribution in [0.15, 0.2) is 48.0 Å². The SMILES string of the molecule is CC(C)Oc1ccccc1NC(=O)c1ccc(NCCC2=CCCCC2)nn1. The molecule has 0 fully saturated rings. The summed E-state index contributed by atoms with van der Waals surface area (Å²) in [4.78, 5) is 12.5. The van der Waals surface area contributed by atoms with Crippen LogP contribution in [0, 0.1) is 0 Å². The summed E-state index contributed by atoms with van der Waals surface area (Å²) in [5, 5.41) is 14.3. The second-order valence-corrected chi connectivity index (χ2v) is 7.21. The Bertz CT molecular complexity index is 816. The minimum Gasteiger partial charge on any atom is -0.489 e. The average molecular weight is 380 g/mol. The van der Waals surface area contributed by atoms with Crippen LogP contribution in [0.4, 0.5) is 11.5 Å². The number of para-hydroxylation sites is 2. The summed E-state index contributed by atoms with van der Waals surface area (Å²) < 4.78 is 5.73. The standard InChI is InChI=1S/C22H28N4O2/c1-16(2)28-20-11-7-6-10-18(20)24-22(27)19-12-13-21(26-25-19)23-15-14-17-8-4-3-5-9-17/h6-8,10-13,16H,3-5,9,14-15H2,1-2H3,(H,23,26)(H,24,27). The molecule has 1 aliphatic carbocycles. The van der Waals surface area contributed by atoms with Gasteiger partial charge in [0, 0.05) is 6.54 Å². The van der Waals surface area contributed by atoms with Crippen LogP contribution in [0.5, 0.6) is 5.75 Å². The number of ether oxygens (including phenoxy) is 1. The molecule has 148 valence electrons. The van der Waals surface area contributed by atoms with E-state index in [0.29, 0.717) is 17.3 Å². The maximum absolute atomic E-state index is 12.5. The van der Waals surface area contributed by atoms with Crippen LogP contribution in [0.2, 0.25) is 0 Å². The number of hydrogen-bond acceptors (Lipinski definition) is 5. The lowest BCUT2D eigenvalue weighted by atomic mass is 9.97. The van der Waals surface area contributed by atoms with Crippen molar-refractivity contribution in [1.82, 2.24) is 10.2 Å². The Kier molecular flexibility index (Phi) is 7.00. The van der Waals surface area contributed by atoms with Crippen LogP contribution in [-0.2, 0) is 0 Å². The molecule has 6 nitrogen and oxygen atoms in total. The Morgan fingerprint density at radius 3 is 2.71 bits per heavy atom. The average Bonchev–Trinajstić information content (AvgIpc) is 2.70. The summed E-state index contributed by atoms with van der Waals surface area (Å²) >= 11 is 0. The van der Waals surface area contributed by atoms with Gasteiger partial charge in [-0.15, -0.1) is 10.2 Å². The number of anilines is 2. The topological polar surface area (TPSA) is 76.1 Å². The molecule has 0 saturated heterocycles. The van der Waals surface area contributed by atoms with E-state index in [-0.39, 0.29) is 17.7 Å². The van der Waals surface area contributed by atoms with Gasteiger partial charge in [-0.25, -0.2) is 0 Å². The lowest BCUT2D eigenvalue weighted by molar-refractivity contribution is 0.102. The number of allylic oxidation sites excluding steroid dienone is 1. The summed E-state index contributed by atoms with van der Waals surface area (Å²) in [6, 6.07) is 10.8. The monoisotopic (exact) mass is 380 g/mol. The van der Waals surface area contributed by atoms with Gasteiger partial charge in [0.1, 0.15) is 11.6 Å². The lowest BCUT2D eigenvalue weighted by Crippen LogP contribution is -2.16. The van der Waals surface area contributed by atoms with Crippen LogP contribution in [0.25, 0.3) is 0 Å². The first kappa shape index (κ1) is 19.9. The maximum Gasteiger partial charge on any atom is 0.276 e. The van der Waals surface area contributed by atoms with Crippen molar-refractivity contribution in [3.63, 3.8) is 0 Å². The Hall–Kier alpha value is -2.89. The fraction of sp³-hybridized carbons (Fsp3) is 0.409. The first-order valence-corrected chi connectivity index (χ1v) is 9.94. The summed E-state index contributed by atoms with van der Waals surface area (Å²) in [5.41, 5.74) is 2.40. The molecular formula is C22H28N4O2. The lowest BCUT2D eigenvalue weighted by Gasteiger charge is -2.14. The zero-order valence-electron chi connectivity index (χ0n) is 16.6. The van der Waals surface area contributed by atoms with E-state index in [4.69, 9.17) is 4.74 Å². The van der Waals surface area contributed by atoms with Crippen LogP contribution in [-0.4, -0.2) is 28.8 Å². The van der Waals surface area contributed by atoms with Crippen molar-refractivity contribution in [3.8, 4) is 5.75 Å². The second-order valence-electron chi connectivity index (χ2n) is 7.21. The number of nitrogens with one attached hydrogen (secondary N) is 2. The number of hydrogen-bond donors (Lipinski definition) is 2. The van der Waals surface area contributed by atoms with Crippen LogP contribution in [0.1, 0.15) is 56.4 Å². The van der Waals surface area contributed by atoms with E-state index in [1.807, 2.05) is 32.0 Å². The third-order valence-corrected chi connectivity index (χ3v) is 4.53. The third kappa shape index (κ3) is 5.81.